The highest BCUT2D eigenvalue weighted by Crippen LogP contribution is 2.14. The first-order valence-corrected chi connectivity index (χ1v) is 6.60. The van der Waals surface area contributed by atoms with E-state index in [9.17, 15) is 0 Å². The Morgan fingerprint density at radius 2 is 1.88 bits per heavy atom. The standard InChI is InChI=1S/C14H26N2/c1-4-12(5-2)11-16-9-7-8-14(16)10-13(15)6-3/h7-9,12-13H,4-6,10-11,15H2,1-3H3. The van der Waals surface area contributed by atoms with Crippen molar-refractivity contribution in [1.82, 2.24) is 4.57 Å². The summed E-state index contributed by atoms with van der Waals surface area (Å²) >= 11 is 0. The lowest BCUT2D eigenvalue weighted by molar-refractivity contribution is 0.410. The maximum Gasteiger partial charge on any atom is 0.0250 e. The lowest BCUT2D eigenvalue weighted by Crippen LogP contribution is -2.23. The van der Waals surface area contributed by atoms with Crippen LogP contribution in [-0.4, -0.2) is 10.6 Å². The van der Waals surface area contributed by atoms with E-state index in [-0.39, 0.29) is 0 Å². The quantitative estimate of drug-likeness (QED) is 0.754. The molecule has 0 aliphatic carbocycles. The molecule has 0 radical (unpaired) electrons. The highest BCUT2D eigenvalue weighted by molar-refractivity contribution is 5.08. The Balaban J connectivity index is 2.62. The summed E-state index contributed by atoms with van der Waals surface area (Å²) in [5.74, 6) is 0.795. The summed E-state index contributed by atoms with van der Waals surface area (Å²) in [5.41, 5.74) is 7.41. The van der Waals surface area contributed by atoms with Crippen LogP contribution in [0.3, 0.4) is 0 Å². The van der Waals surface area contributed by atoms with Gasteiger partial charge in [-0.1, -0.05) is 33.6 Å². The van der Waals surface area contributed by atoms with Crippen LogP contribution in [0.4, 0.5) is 0 Å². The normalized spacial score (nSPS) is 13.3. The van der Waals surface area contributed by atoms with Crippen molar-refractivity contribution in [3.8, 4) is 0 Å². The van der Waals surface area contributed by atoms with Gasteiger partial charge < -0.3 is 10.3 Å². The van der Waals surface area contributed by atoms with Gasteiger partial charge in [0, 0.05) is 30.9 Å². The molecule has 0 saturated heterocycles. The van der Waals surface area contributed by atoms with E-state index < -0.39 is 0 Å². The minimum atomic E-state index is 0.301. The maximum atomic E-state index is 6.02. The number of nitrogens with two attached hydrogens (primary N) is 1. The molecule has 1 aromatic rings. The van der Waals surface area contributed by atoms with Gasteiger partial charge in [0.1, 0.15) is 0 Å². The average Bonchev–Trinajstić information content (AvgIpc) is 2.73. The fourth-order valence-electron chi connectivity index (χ4n) is 2.05. The van der Waals surface area contributed by atoms with E-state index in [1.54, 1.807) is 0 Å². The van der Waals surface area contributed by atoms with Gasteiger partial charge in [-0.15, -0.1) is 0 Å². The van der Waals surface area contributed by atoms with Crippen molar-refractivity contribution in [2.45, 2.75) is 59.0 Å². The number of rotatable bonds is 7. The molecule has 1 aromatic heterocycles. The molecule has 0 aliphatic rings. The molecule has 0 bridgehead atoms. The van der Waals surface area contributed by atoms with Crippen molar-refractivity contribution in [1.29, 1.82) is 0 Å². The topological polar surface area (TPSA) is 30.9 Å². The lowest BCUT2D eigenvalue weighted by Gasteiger charge is -2.17. The van der Waals surface area contributed by atoms with E-state index in [0.717, 1.165) is 25.3 Å². The summed E-state index contributed by atoms with van der Waals surface area (Å²) in [4.78, 5) is 0. The van der Waals surface area contributed by atoms with Crippen LogP contribution in [-0.2, 0) is 13.0 Å². The molecule has 0 fully saturated rings. The van der Waals surface area contributed by atoms with Crippen LogP contribution in [0.15, 0.2) is 18.3 Å². The third-order valence-corrected chi connectivity index (χ3v) is 3.53. The number of hydrogen-bond acceptors (Lipinski definition) is 1. The zero-order valence-electron chi connectivity index (χ0n) is 10.9. The van der Waals surface area contributed by atoms with Gasteiger partial charge in [-0.25, -0.2) is 0 Å². The Hall–Kier alpha value is -0.760. The predicted molar refractivity (Wildman–Crippen MR) is 70.5 cm³/mol. The zero-order chi connectivity index (χ0) is 12.0. The van der Waals surface area contributed by atoms with E-state index in [4.69, 9.17) is 5.73 Å². The zero-order valence-corrected chi connectivity index (χ0v) is 10.9. The molecule has 2 heteroatoms. The minimum absolute atomic E-state index is 0.301. The Morgan fingerprint density at radius 3 is 2.44 bits per heavy atom. The molecule has 92 valence electrons. The third-order valence-electron chi connectivity index (χ3n) is 3.53. The van der Waals surface area contributed by atoms with Gasteiger partial charge in [0.15, 0.2) is 0 Å². The Kier molecular flexibility index (Phi) is 5.61. The fourth-order valence-corrected chi connectivity index (χ4v) is 2.05. The van der Waals surface area contributed by atoms with Crippen molar-refractivity contribution in [3.63, 3.8) is 0 Å². The minimum Gasteiger partial charge on any atom is -0.351 e. The third kappa shape index (κ3) is 3.67. The van der Waals surface area contributed by atoms with E-state index in [1.807, 2.05) is 0 Å². The SMILES string of the molecule is CCC(N)Cc1cccn1CC(CC)CC. The van der Waals surface area contributed by atoms with Gasteiger partial charge >= 0.3 is 0 Å². The van der Waals surface area contributed by atoms with E-state index in [2.05, 4.69) is 43.7 Å². The number of hydrogen-bond donors (Lipinski definition) is 1. The van der Waals surface area contributed by atoms with Crippen LogP contribution >= 0.6 is 0 Å². The van der Waals surface area contributed by atoms with E-state index >= 15 is 0 Å². The van der Waals surface area contributed by atoms with Gasteiger partial charge in [-0.3, -0.25) is 0 Å². The van der Waals surface area contributed by atoms with Gasteiger partial charge in [0.2, 0.25) is 0 Å². The first kappa shape index (κ1) is 13.3. The second-order valence-corrected chi connectivity index (χ2v) is 4.71. The highest BCUT2D eigenvalue weighted by atomic mass is 15.0. The van der Waals surface area contributed by atoms with Crippen LogP contribution in [0.1, 0.15) is 45.7 Å². The predicted octanol–water partition coefficient (Wildman–Crippen LogP) is 3.20. The summed E-state index contributed by atoms with van der Waals surface area (Å²) in [6.45, 7) is 7.84. The second kappa shape index (κ2) is 6.74. The van der Waals surface area contributed by atoms with Gasteiger partial charge in [0.05, 0.1) is 0 Å². The first-order chi connectivity index (χ1) is 7.71. The van der Waals surface area contributed by atoms with E-state index in [1.165, 1.54) is 18.5 Å². The number of nitrogens with zero attached hydrogens (tertiary/aromatic N) is 1. The average molecular weight is 222 g/mol. The molecule has 2 N–H and O–H groups in total. The Bertz CT molecular complexity index is 287. The van der Waals surface area contributed by atoms with Crippen molar-refractivity contribution >= 4 is 0 Å². The van der Waals surface area contributed by atoms with Crippen LogP contribution in [0.2, 0.25) is 0 Å². The van der Waals surface area contributed by atoms with E-state index in [0.29, 0.717) is 6.04 Å². The van der Waals surface area contributed by atoms with Crippen molar-refractivity contribution < 1.29 is 0 Å². The molecular formula is C14H26N2. The summed E-state index contributed by atoms with van der Waals surface area (Å²) < 4.78 is 2.38. The van der Waals surface area contributed by atoms with Crippen LogP contribution < -0.4 is 5.73 Å². The van der Waals surface area contributed by atoms with Crippen molar-refractivity contribution in [2.75, 3.05) is 0 Å². The molecule has 1 rings (SSSR count). The van der Waals surface area contributed by atoms with Crippen LogP contribution in [0.25, 0.3) is 0 Å². The smallest absolute Gasteiger partial charge is 0.0250 e. The molecule has 0 saturated carbocycles. The molecule has 16 heavy (non-hydrogen) atoms. The lowest BCUT2D eigenvalue weighted by atomic mass is 10.0. The Labute approximate surface area is 99.8 Å². The van der Waals surface area contributed by atoms with Gasteiger partial charge in [0.25, 0.3) is 0 Å². The molecule has 0 spiro atoms. The largest absolute Gasteiger partial charge is 0.351 e. The fraction of sp³-hybridized carbons (Fsp3) is 0.714. The summed E-state index contributed by atoms with van der Waals surface area (Å²) in [6, 6.07) is 4.65. The van der Waals surface area contributed by atoms with Crippen molar-refractivity contribution in [2.24, 2.45) is 11.7 Å². The van der Waals surface area contributed by atoms with Gasteiger partial charge in [-0.05, 0) is 24.5 Å². The summed E-state index contributed by atoms with van der Waals surface area (Å²) in [6.07, 6.45) is 6.76. The van der Waals surface area contributed by atoms with Crippen LogP contribution in [0, 0.1) is 5.92 Å². The summed E-state index contributed by atoms with van der Waals surface area (Å²) in [7, 11) is 0. The Morgan fingerprint density at radius 1 is 1.19 bits per heavy atom. The summed E-state index contributed by atoms with van der Waals surface area (Å²) in [5, 5.41) is 0. The first-order valence-electron chi connectivity index (χ1n) is 6.60. The maximum absolute atomic E-state index is 6.02. The second-order valence-electron chi connectivity index (χ2n) is 4.71. The molecule has 0 amide bonds. The van der Waals surface area contributed by atoms with Crippen LogP contribution in [0.5, 0.6) is 0 Å². The van der Waals surface area contributed by atoms with Gasteiger partial charge in [-0.2, -0.15) is 0 Å². The number of aromatic nitrogens is 1. The molecule has 0 aromatic carbocycles. The molecular weight excluding hydrogens is 196 g/mol. The molecule has 0 aliphatic heterocycles. The molecule has 1 atom stereocenters. The molecule has 1 unspecified atom stereocenters. The molecule has 2 nitrogen and oxygen atoms in total. The van der Waals surface area contributed by atoms with Crippen molar-refractivity contribution in [3.05, 3.63) is 24.0 Å². The molecule has 1 heterocycles. The highest BCUT2D eigenvalue weighted by Gasteiger charge is 2.09. The monoisotopic (exact) mass is 222 g/mol.